The lowest BCUT2D eigenvalue weighted by Crippen LogP contribution is -2.01. The molecule has 0 saturated carbocycles. The van der Waals surface area contributed by atoms with Gasteiger partial charge in [-0.1, -0.05) is 0 Å². The number of Topliss-reactive ketones (excluding diaryl/α,β-unsaturated/α-hetero) is 2. The number of hydrogen-bond donors (Lipinski definition) is 2. The summed E-state index contributed by atoms with van der Waals surface area (Å²) in [6.07, 6.45) is 2.71. The number of carbonyl (C=O) groups excluding carboxylic acids is 2. The van der Waals surface area contributed by atoms with Crippen molar-refractivity contribution in [2.45, 2.75) is 25.7 Å². The van der Waals surface area contributed by atoms with E-state index in [1.165, 1.54) is 6.07 Å². The number of aromatic amines is 2. The van der Waals surface area contributed by atoms with Gasteiger partial charge in [-0.3, -0.25) is 14.4 Å². The summed E-state index contributed by atoms with van der Waals surface area (Å²) in [4.78, 5) is 42.3. The van der Waals surface area contributed by atoms with Gasteiger partial charge in [0, 0.05) is 28.0 Å². The van der Waals surface area contributed by atoms with E-state index in [1.807, 2.05) is 0 Å². The minimum absolute atomic E-state index is 0.0308. The molecule has 0 saturated heterocycles. The summed E-state index contributed by atoms with van der Waals surface area (Å²) in [5.74, 6) is -0.161. The summed E-state index contributed by atoms with van der Waals surface area (Å²) >= 11 is 0. The third-order valence-corrected chi connectivity index (χ3v) is 4.89. The zero-order valence-electron chi connectivity index (χ0n) is 11.7. The van der Waals surface area contributed by atoms with Crippen molar-refractivity contribution in [2.75, 3.05) is 0 Å². The molecular formula is C17H12N2O3. The molecule has 2 aliphatic rings. The van der Waals surface area contributed by atoms with E-state index in [0.717, 1.165) is 46.7 Å². The van der Waals surface area contributed by atoms with Crippen LogP contribution in [0.3, 0.4) is 0 Å². The summed E-state index contributed by atoms with van der Waals surface area (Å²) in [5, 5.41) is 1.61. The molecule has 5 heteroatoms. The Kier molecular flexibility index (Phi) is 2.02. The lowest BCUT2D eigenvalue weighted by molar-refractivity contribution is 0.0923. The fourth-order valence-electron chi connectivity index (χ4n) is 4.07. The summed E-state index contributed by atoms with van der Waals surface area (Å²) in [6.45, 7) is 0. The molecule has 0 fully saturated rings. The topological polar surface area (TPSA) is 82.8 Å². The van der Waals surface area contributed by atoms with E-state index in [0.29, 0.717) is 16.8 Å². The maximum absolute atomic E-state index is 12.4. The SMILES string of the molecule is O=C1CC(=O)c2c1c1c(c3[nH]c4[nH]c(=O)ccc4c23)CCC1. The normalized spacial score (nSPS) is 16.7. The smallest absolute Gasteiger partial charge is 0.249 e. The van der Waals surface area contributed by atoms with E-state index in [-0.39, 0.29) is 23.5 Å². The molecule has 0 bridgehead atoms. The highest BCUT2D eigenvalue weighted by atomic mass is 16.2. The highest BCUT2D eigenvalue weighted by Crippen LogP contribution is 2.42. The molecule has 108 valence electrons. The number of fused-ring (bicyclic) bond motifs is 8. The van der Waals surface area contributed by atoms with Gasteiger partial charge in [-0.2, -0.15) is 0 Å². The molecule has 5 rings (SSSR count). The summed E-state index contributed by atoms with van der Waals surface area (Å²) < 4.78 is 0. The number of rotatable bonds is 0. The number of ketones is 2. The lowest BCUT2D eigenvalue weighted by atomic mass is 9.94. The van der Waals surface area contributed by atoms with Crippen LogP contribution in [0.15, 0.2) is 16.9 Å². The first-order valence-corrected chi connectivity index (χ1v) is 7.44. The fourth-order valence-corrected chi connectivity index (χ4v) is 4.07. The third kappa shape index (κ3) is 1.27. The Labute approximate surface area is 124 Å². The maximum Gasteiger partial charge on any atom is 0.249 e. The van der Waals surface area contributed by atoms with Gasteiger partial charge in [0.1, 0.15) is 5.65 Å². The van der Waals surface area contributed by atoms with Gasteiger partial charge in [0.15, 0.2) is 11.6 Å². The van der Waals surface area contributed by atoms with Gasteiger partial charge < -0.3 is 9.97 Å². The Morgan fingerprint density at radius 3 is 2.50 bits per heavy atom. The molecule has 0 amide bonds. The number of H-pyrrole nitrogens is 2. The summed E-state index contributed by atoms with van der Waals surface area (Å²) in [7, 11) is 0. The van der Waals surface area contributed by atoms with E-state index < -0.39 is 0 Å². The van der Waals surface area contributed by atoms with Crippen LogP contribution in [0.2, 0.25) is 0 Å². The van der Waals surface area contributed by atoms with Crippen LogP contribution in [0.1, 0.15) is 44.7 Å². The second-order valence-electron chi connectivity index (χ2n) is 6.07. The molecule has 22 heavy (non-hydrogen) atoms. The largest absolute Gasteiger partial charge is 0.340 e. The standard InChI is InChI=1S/C17H12N2O3/c20-10-6-11(21)15-13(10)7-2-1-3-8(7)16-14(15)9-4-5-12(22)18-17(9)19-16/h4-5H,1-3,6H2,(H2,18,19,22). The van der Waals surface area contributed by atoms with Crippen molar-refractivity contribution in [3.05, 3.63) is 44.7 Å². The Balaban J connectivity index is 2.11. The van der Waals surface area contributed by atoms with E-state index in [1.54, 1.807) is 6.07 Å². The quantitative estimate of drug-likeness (QED) is 0.623. The van der Waals surface area contributed by atoms with E-state index in [2.05, 4.69) is 9.97 Å². The van der Waals surface area contributed by atoms with Crippen LogP contribution in [0.25, 0.3) is 21.9 Å². The molecule has 2 heterocycles. The molecule has 1 aromatic carbocycles. The predicted octanol–water partition coefficient (Wildman–Crippen LogP) is 2.27. The van der Waals surface area contributed by atoms with Gasteiger partial charge in [-0.05, 0) is 36.5 Å². The zero-order chi connectivity index (χ0) is 15.0. The van der Waals surface area contributed by atoms with Crippen molar-refractivity contribution in [1.29, 1.82) is 0 Å². The molecule has 0 radical (unpaired) electrons. The Morgan fingerprint density at radius 1 is 0.864 bits per heavy atom. The summed E-state index contributed by atoms with van der Waals surface area (Å²) in [6, 6.07) is 3.18. The van der Waals surface area contributed by atoms with Crippen molar-refractivity contribution in [3.8, 4) is 0 Å². The van der Waals surface area contributed by atoms with Gasteiger partial charge >= 0.3 is 0 Å². The van der Waals surface area contributed by atoms with Crippen LogP contribution < -0.4 is 5.56 Å². The highest BCUT2D eigenvalue weighted by Gasteiger charge is 2.36. The molecule has 2 aromatic heterocycles. The van der Waals surface area contributed by atoms with Crippen LogP contribution in [0, 0.1) is 0 Å². The van der Waals surface area contributed by atoms with Crippen molar-refractivity contribution in [3.63, 3.8) is 0 Å². The average Bonchev–Trinajstić information content (AvgIpc) is 3.13. The second kappa shape index (κ2) is 3.74. The molecular weight excluding hydrogens is 280 g/mol. The molecule has 2 aliphatic carbocycles. The Bertz CT molecular complexity index is 1080. The monoisotopic (exact) mass is 292 g/mol. The number of hydrogen-bond acceptors (Lipinski definition) is 3. The molecule has 0 unspecified atom stereocenters. The first kappa shape index (κ1) is 11.9. The first-order valence-electron chi connectivity index (χ1n) is 7.44. The van der Waals surface area contributed by atoms with Gasteiger partial charge in [-0.25, -0.2) is 0 Å². The second-order valence-corrected chi connectivity index (χ2v) is 6.07. The average molecular weight is 292 g/mol. The summed E-state index contributed by atoms with van der Waals surface area (Å²) in [5.41, 5.74) is 4.70. The zero-order valence-corrected chi connectivity index (χ0v) is 11.7. The maximum atomic E-state index is 12.4. The van der Waals surface area contributed by atoms with Gasteiger partial charge in [0.2, 0.25) is 5.56 Å². The van der Waals surface area contributed by atoms with E-state index in [9.17, 15) is 14.4 Å². The van der Waals surface area contributed by atoms with Crippen molar-refractivity contribution >= 4 is 33.5 Å². The Hall–Kier alpha value is -2.69. The molecule has 2 N–H and O–H groups in total. The number of aryl methyl sites for hydroxylation is 1. The number of pyridine rings is 1. The van der Waals surface area contributed by atoms with Crippen LogP contribution >= 0.6 is 0 Å². The van der Waals surface area contributed by atoms with Crippen LogP contribution in [-0.4, -0.2) is 21.5 Å². The minimum Gasteiger partial charge on any atom is -0.340 e. The van der Waals surface area contributed by atoms with Crippen molar-refractivity contribution in [1.82, 2.24) is 9.97 Å². The molecule has 0 aliphatic heterocycles. The van der Waals surface area contributed by atoms with E-state index >= 15 is 0 Å². The number of aromatic nitrogens is 2. The lowest BCUT2D eigenvalue weighted by Gasteiger charge is -2.08. The van der Waals surface area contributed by atoms with Gasteiger partial charge in [0.25, 0.3) is 0 Å². The van der Waals surface area contributed by atoms with Gasteiger partial charge in [0.05, 0.1) is 11.9 Å². The van der Waals surface area contributed by atoms with Crippen molar-refractivity contribution < 1.29 is 9.59 Å². The first-order chi connectivity index (χ1) is 10.6. The van der Waals surface area contributed by atoms with Crippen LogP contribution in [0.4, 0.5) is 0 Å². The van der Waals surface area contributed by atoms with Gasteiger partial charge in [-0.15, -0.1) is 0 Å². The molecule has 5 nitrogen and oxygen atoms in total. The molecule has 3 aromatic rings. The third-order valence-electron chi connectivity index (χ3n) is 4.89. The van der Waals surface area contributed by atoms with Crippen molar-refractivity contribution in [2.24, 2.45) is 0 Å². The number of benzene rings is 1. The van der Waals surface area contributed by atoms with Crippen LogP contribution in [-0.2, 0) is 12.8 Å². The van der Waals surface area contributed by atoms with E-state index in [4.69, 9.17) is 0 Å². The minimum atomic E-state index is -0.185. The predicted molar refractivity (Wildman–Crippen MR) is 81.7 cm³/mol. The molecule has 0 atom stereocenters. The Morgan fingerprint density at radius 2 is 1.64 bits per heavy atom. The number of nitrogens with one attached hydrogen (secondary N) is 2. The molecule has 0 spiro atoms. The van der Waals surface area contributed by atoms with Crippen LogP contribution in [0.5, 0.6) is 0 Å². The number of carbonyl (C=O) groups is 2. The highest BCUT2D eigenvalue weighted by molar-refractivity contribution is 6.32. The fraction of sp³-hybridized carbons (Fsp3) is 0.235.